The van der Waals surface area contributed by atoms with E-state index in [1.165, 1.54) is 0 Å². The maximum absolute atomic E-state index is 11.5. The lowest BCUT2D eigenvalue weighted by molar-refractivity contribution is -0.137. The van der Waals surface area contributed by atoms with Gasteiger partial charge in [-0.2, -0.15) is 13.2 Å². The number of alkyl halides is 3. The molecule has 0 atom stereocenters. The van der Waals surface area contributed by atoms with E-state index in [-0.39, 0.29) is 19.4 Å². The molecule has 0 aliphatic rings. The maximum atomic E-state index is 11.5. The van der Waals surface area contributed by atoms with E-state index in [1.54, 1.807) is 0 Å². The van der Waals surface area contributed by atoms with Crippen LogP contribution in [0, 0.1) is 0 Å². The minimum Gasteiger partial charge on any atom is -0.481 e. The first-order chi connectivity index (χ1) is 5.42. The van der Waals surface area contributed by atoms with Gasteiger partial charge in [0.15, 0.2) is 0 Å². The predicted octanol–water partition coefficient (Wildman–Crippen LogP) is 1.00. The van der Waals surface area contributed by atoms with Crippen molar-refractivity contribution in [3.63, 3.8) is 0 Å². The van der Waals surface area contributed by atoms with E-state index in [1.807, 2.05) is 0 Å². The van der Waals surface area contributed by atoms with Gasteiger partial charge in [0.25, 0.3) is 0 Å². The van der Waals surface area contributed by atoms with Gasteiger partial charge in [0.2, 0.25) is 0 Å². The molecule has 0 saturated heterocycles. The third-order valence-corrected chi connectivity index (χ3v) is 1.07. The number of carboxylic acids is 1. The summed E-state index contributed by atoms with van der Waals surface area (Å²) in [7, 11) is 0. The summed E-state index contributed by atoms with van der Waals surface area (Å²) in [4.78, 5) is 9.91. The second-order valence-electron chi connectivity index (χ2n) is 2.29. The van der Waals surface area contributed by atoms with Crippen LogP contribution >= 0.6 is 0 Å². The van der Waals surface area contributed by atoms with Crippen LogP contribution in [0.4, 0.5) is 13.2 Å². The summed E-state index contributed by atoms with van der Waals surface area (Å²) in [6, 6.07) is 0. The standard InChI is InChI=1S/C6H10F3NO2/c7-6(8,9)4-10-3-1-2-5(11)12/h10H,1-4H2,(H,11,12). The molecular formula is C6H10F3NO2. The van der Waals surface area contributed by atoms with E-state index in [2.05, 4.69) is 5.32 Å². The molecule has 0 fully saturated rings. The molecule has 72 valence electrons. The van der Waals surface area contributed by atoms with Gasteiger partial charge < -0.3 is 10.4 Å². The van der Waals surface area contributed by atoms with Crippen LogP contribution in [0.25, 0.3) is 0 Å². The maximum Gasteiger partial charge on any atom is 0.401 e. The van der Waals surface area contributed by atoms with Crippen molar-refractivity contribution in [3.8, 4) is 0 Å². The largest absolute Gasteiger partial charge is 0.481 e. The molecule has 0 aromatic heterocycles. The Labute approximate surface area is 67.6 Å². The molecule has 12 heavy (non-hydrogen) atoms. The van der Waals surface area contributed by atoms with Gasteiger partial charge >= 0.3 is 12.1 Å². The first kappa shape index (κ1) is 11.2. The molecule has 0 aliphatic carbocycles. The van der Waals surface area contributed by atoms with Crippen molar-refractivity contribution in [2.45, 2.75) is 19.0 Å². The SMILES string of the molecule is O=C(O)CCCNCC(F)(F)F. The van der Waals surface area contributed by atoms with Crippen molar-refractivity contribution < 1.29 is 23.1 Å². The minimum atomic E-state index is -4.22. The van der Waals surface area contributed by atoms with Crippen molar-refractivity contribution >= 4 is 5.97 Å². The summed E-state index contributed by atoms with van der Waals surface area (Å²) in [5, 5.41) is 10.2. The summed E-state index contributed by atoms with van der Waals surface area (Å²) in [5.74, 6) is -0.996. The molecular weight excluding hydrogens is 175 g/mol. The normalized spacial score (nSPS) is 11.6. The number of carboxylic acid groups (broad SMARTS) is 1. The van der Waals surface area contributed by atoms with E-state index in [0.29, 0.717) is 0 Å². The van der Waals surface area contributed by atoms with Crippen LogP contribution in [-0.2, 0) is 4.79 Å². The molecule has 0 radical (unpaired) electrons. The Kier molecular flexibility index (Phi) is 4.65. The molecule has 0 rings (SSSR count). The first-order valence-electron chi connectivity index (χ1n) is 3.41. The highest BCUT2D eigenvalue weighted by Crippen LogP contribution is 2.11. The molecule has 0 heterocycles. The Morgan fingerprint density at radius 3 is 2.42 bits per heavy atom. The third-order valence-electron chi connectivity index (χ3n) is 1.07. The molecule has 0 unspecified atom stereocenters. The number of nitrogens with one attached hydrogen (secondary N) is 1. The molecule has 6 heteroatoms. The summed E-state index contributed by atoms with van der Waals surface area (Å²) in [6.45, 7) is -0.988. The number of aliphatic carboxylic acids is 1. The Balaban J connectivity index is 3.17. The fourth-order valence-corrected chi connectivity index (χ4v) is 0.595. The van der Waals surface area contributed by atoms with Crippen molar-refractivity contribution in [3.05, 3.63) is 0 Å². The lowest BCUT2D eigenvalue weighted by atomic mass is 10.3. The van der Waals surface area contributed by atoms with Gasteiger partial charge in [0.1, 0.15) is 0 Å². The fraction of sp³-hybridized carbons (Fsp3) is 0.833. The zero-order chi connectivity index (χ0) is 9.61. The Bertz CT molecular complexity index is 146. The van der Waals surface area contributed by atoms with Gasteiger partial charge in [-0.3, -0.25) is 4.79 Å². The van der Waals surface area contributed by atoms with Gasteiger partial charge in [-0.05, 0) is 13.0 Å². The van der Waals surface area contributed by atoms with Crippen LogP contribution in [-0.4, -0.2) is 30.3 Å². The molecule has 0 amide bonds. The van der Waals surface area contributed by atoms with Crippen LogP contribution < -0.4 is 5.32 Å². The van der Waals surface area contributed by atoms with Gasteiger partial charge in [0.05, 0.1) is 6.54 Å². The average molecular weight is 185 g/mol. The van der Waals surface area contributed by atoms with E-state index in [0.717, 1.165) is 0 Å². The van der Waals surface area contributed by atoms with E-state index < -0.39 is 18.7 Å². The zero-order valence-corrected chi connectivity index (χ0v) is 6.32. The van der Waals surface area contributed by atoms with Crippen molar-refractivity contribution in [1.29, 1.82) is 0 Å². The summed E-state index contributed by atoms with van der Waals surface area (Å²) in [5.41, 5.74) is 0. The number of rotatable bonds is 5. The van der Waals surface area contributed by atoms with E-state index in [9.17, 15) is 18.0 Å². The van der Waals surface area contributed by atoms with Gasteiger partial charge in [0, 0.05) is 6.42 Å². The lowest BCUT2D eigenvalue weighted by Gasteiger charge is -2.06. The van der Waals surface area contributed by atoms with Gasteiger partial charge in [-0.15, -0.1) is 0 Å². The molecule has 0 spiro atoms. The average Bonchev–Trinajstić information content (AvgIpc) is 1.83. The summed E-state index contributed by atoms with van der Waals surface area (Å²) in [6.07, 6.45) is -4.11. The van der Waals surface area contributed by atoms with Crippen LogP contribution in [0.1, 0.15) is 12.8 Å². The van der Waals surface area contributed by atoms with Crippen molar-refractivity contribution in [1.82, 2.24) is 5.32 Å². The summed E-state index contributed by atoms with van der Waals surface area (Å²) < 4.78 is 34.4. The molecule has 0 aromatic rings. The van der Waals surface area contributed by atoms with Crippen LogP contribution in [0.2, 0.25) is 0 Å². The molecule has 2 N–H and O–H groups in total. The molecule has 0 aliphatic heterocycles. The van der Waals surface area contributed by atoms with Crippen molar-refractivity contribution in [2.24, 2.45) is 0 Å². The number of carbonyl (C=O) groups is 1. The van der Waals surface area contributed by atoms with E-state index in [4.69, 9.17) is 5.11 Å². The highest BCUT2D eigenvalue weighted by atomic mass is 19.4. The quantitative estimate of drug-likeness (QED) is 0.628. The molecule has 0 saturated carbocycles. The van der Waals surface area contributed by atoms with Crippen LogP contribution in [0.3, 0.4) is 0 Å². The molecule has 0 bridgehead atoms. The highest BCUT2D eigenvalue weighted by Gasteiger charge is 2.25. The van der Waals surface area contributed by atoms with Crippen molar-refractivity contribution in [2.75, 3.05) is 13.1 Å². The Morgan fingerprint density at radius 2 is 2.00 bits per heavy atom. The predicted molar refractivity (Wildman–Crippen MR) is 35.8 cm³/mol. The number of hydrogen-bond donors (Lipinski definition) is 2. The Hall–Kier alpha value is -0.780. The number of halogens is 3. The van der Waals surface area contributed by atoms with E-state index >= 15 is 0 Å². The highest BCUT2D eigenvalue weighted by molar-refractivity contribution is 5.66. The van der Waals surface area contributed by atoms with Crippen LogP contribution in [0.5, 0.6) is 0 Å². The lowest BCUT2D eigenvalue weighted by Crippen LogP contribution is -2.29. The number of hydrogen-bond acceptors (Lipinski definition) is 2. The molecule has 0 aromatic carbocycles. The Morgan fingerprint density at radius 1 is 1.42 bits per heavy atom. The molecule has 3 nitrogen and oxygen atoms in total. The van der Waals surface area contributed by atoms with Gasteiger partial charge in [-0.25, -0.2) is 0 Å². The minimum absolute atomic E-state index is 0.0752. The topological polar surface area (TPSA) is 49.3 Å². The summed E-state index contributed by atoms with van der Waals surface area (Å²) >= 11 is 0. The smallest absolute Gasteiger partial charge is 0.401 e. The second kappa shape index (κ2) is 4.97. The fourth-order valence-electron chi connectivity index (χ4n) is 0.595. The van der Waals surface area contributed by atoms with Gasteiger partial charge in [-0.1, -0.05) is 0 Å². The van der Waals surface area contributed by atoms with Crippen LogP contribution in [0.15, 0.2) is 0 Å². The monoisotopic (exact) mass is 185 g/mol. The second-order valence-corrected chi connectivity index (χ2v) is 2.29. The first-order valence-corrected chi connectivity index (χ1v) is 3.41. The zero-order valence-electron chi connectivity index (χ0n) is 6.32. The third kappa shape index (κ3) is 9.22.